The molecule has 228 valence electrons. The lowest BCUT2D eigenvalue weighted by Gasteiger charge is -2.28. The number of amidine groups is 2. The Hall–Kier alpha value is -5.39. The standard InChI is InChI=1S/C32H37N9O3/c1-33-30(42)23-18-26(40(4)31(43)38(2)24-10-6-21(7-11-24)28-34-14-15-35-28)20-27(19-23)41(5)32(44)39(3)25-12-8-22(9-13-25)29-36-16-17-37-29/h6-13,18-20H,14-17H2,1-5H3,(H,33,42)(H,34,35)(H,36,37). The van der Waals surface area contributed by atoms with Gasteiger partial charge in [0.2, 0.25) is 0 Å². The van der Waals surface area contributed by atoms with Gasteiger partial charge in [-0.1, -0.05) is 0 Å². The molecule has 2 aliphatic rings. The normalized spacial score (nSPS) is 13.7. The first-order valence-electron chi connectivity index (χ1n) is 14.4. The van der Waals surface area contributed by atoms with Gasteiger partial charge in [0.05, 0.1) is 13.1 Å². The summed E-state index contributed by atoms with van der Waals surface area (Å²) in [6, 6.07) is 19.5. The highest BCUT2D eigenvalue weighted by molar-refractivity contribution is 6.08. The summed E-state index contributed by atoms with van der Waals surface area (Å²) in [5, 5.41) is 9.12. The Balaban J connectivity index is 1.36. The van der Waals surface area contributed by atoms with E-state index in [4.69, 9.17) is 0 Å². The lowest BCUT2D eigenvalue weighted by molar-refractivity contribution is 0.0963. The summed E-state index contributed by atoms with van der Waals surface area (Å²) in [7, 11) is 8.18. The van der Waals surface area contributed by atoms with Crippen molar-refractivity contribution in [1.29, 1.82) is 0 Å². The van der Waals surface area contributed by atoms with Crippen LogP contribution in [0.1, 0.15) is 21.5 Å². The predicted molar refractivity (Wildman–Crippen MR) is 176 cm³/mol. The van der Waals surface area contributed by atoms with Gasteiger partial charge in [-0.25, -0.2) is 9.59 Å². The largest absolute Gasteiger partial charge is 0.368 e. The molecule has 2 aliphatic heterocycles. The van der Waals surface area contributed by atoms with Gasteiger partial charge < -0.3 is 16.0 Å². The molecule has 3 aromatic carbocycles. The van der Waals surface area contributed by atoms with Crippen molar-refractivity contribution in [2.45, 2.75) is 0 Å². The van der Waals surface area contributed by atoms with Gasteiger partial charge in [0, 0.05) is 87.8 Å². The van der Waals surface area contributed by atoms with Crippen molar-refractivity contribution in [2.75, 3.05) is 81.0 Å². The number of anilines is 4. The number of hydrogen-bond acceptors (Lipinski definition) is 7. The fourth-order valence-corrected chi connectivity index (χ4v) is 5.02. The van der Waals surface area contributed by atoms with E-state index >= 15 is 0 Å². The van der Waals surface area contributed by atoms with E-state index in [0.29, 0.717) is 28.3 Å². The Morgan fingerprint density at radius 1 is 0.614 bits per heavy atom. The van der Waals surface area contributed by atoms with Crippen LogP contribution in [-0.2, 0) is 0 Å². The summed E-state index contributed by atoms with van der Waals surface area (Å²) in [6.07, 6.45) is 0. The van der Waals surface area contributed by atoms with E-state index in [2.05, 4.69) is 25.9 Å². The smallest absolute Gasteiger partial charge is 0.328 e. The average molecular weight is 596 g/mol. The highest BCUT2D eigenvalue weighted by Gasteiger charge is 2.23. The van der Waals surface area contributed by atoms with Gasteiger partial charge in [-0.3, -0.25) is 34.4 Å². The molecule has 5 rings (SSSR count). The van der Waals surface area contributed by atoms with Crippen LogP contribution in [0.25, 0.3) is 0 Å². The minimum atomic E-state index is -0.338. The second-order valence-electron chi connectivity index (χ2n) is 10.5. The molecule has 0 saturated heterocycles. The summed E-state index contributed by atoms with van der Waals surface area (Å²) in [5.74, 6) is 1.35. The van der Waals surface area contributed by atoms with E-state index in [1.54, 1.807) is 46.4 Å². The van der Waals surface area contributed by atoms with Gasteiger partial charge >= 0.3 is 12.1 Å². The molecule has 0 spiro atoms. The minimum Gasteiger partial charge on any atom is -0.368 e. The van der Waals surface area contributed by atoms with E-state index in [9.17, 15) is 14.4 Å². The van der Waals surface area contributed by atoms with E-state index < -0.39 is 0 Å². The topological polar surface area (TPSA) is 125 Å². The second kappa shape index (κ2) is 12.9. The molecular formula is C32H37N9O3. The third-order valence-corrected chi connectivity index (χ3v) is 7.72. The average Bonchev–Trinajstić information content (AvgIpc) is 3.81. The zero-order chi connectivity index (χ0) is 31.4. The van der Waals surface area contributed by atoms with E-state index in [1.807, 2.05) is 48.5 Å². The number of nitrogens with zero attached hydrogens (tertiary/aromatic N) is 6. The molecule has 0 unspecified atom stereocenters. The van der Waals surface area contributed by atoms with Gasteiger partial charge in [-0.2, -0.15) is 0 Å². The van der Waals surface area contributed by atoms with Gasteiger partial charge in [-0.05, 0) is 66.7 Å². The van der Waals surface area contributed by atoms with Gasteiger partial charge in [0.25, 0.3) is 5.91 Å². The maximum absolute atomic E-state index is 13.6. The van der Waals surface area contributed by atoms with Crippen LogP contribution in [-0.4, -0.2) is 91.1 Å². The van der Waals surface area contributed by atoms with E-state index in [1.165, 1.54) is 26.6 Å². The van der Waals surface area contributed by atoms with Crippen LogP contribution in [0.5, 0.6) is 0 Å². The summed E-state index contributed by atoms with van der Waals surface area (Å²) >= 11 is 0. The number of nitrogens with one attached hydrogen (secondary N) is 3. The van der Waals surface area contributed by atoms with Crippen molar-refractivity contribution < 1.29 is 14.4 Å². The number of carbonyl (C=O) groups excluding carboxylic acids is 3. The van der Waals surface area contributed by atoms with Crippen molar-refractivity contribution >= 4 is 52.4 Å². The van der Waals surface area contributed by atoms with Crippen LogP contribution in [0.3, 0.4) is 0 Å². The predicted octanol–water partition coefficient (Wildman–Crippen LogP) is 3.13. The number of hydrogen-bond donors (Lipinski definition) is 3. The molecule has 3 aromatic rings. The fraction of sp³-hybridized carbons (Fsp3) is 0.281. The van der Waals surface area contributed by atoms with Crippen LogP contribution < -0.4 is 35.6 Å². The highest BCUT2D eigenvalue weighted by atomic mass is 16.2. The quantitative estimate of drug-likeness (QED) is 0.387. The molecule has 3 N–H and O–H groups in total. The van der Waals surface area contributed by atoms with Crippen molar-refractivity contribution in [3.8, 4) is 0 Å². The second-order valence-corrected chi connectivity index (χ2v) is 10.5. The molecule has 0 bridgehead atoms. The highest BCUT2D eigenvalue weighted by Crippen LogP contribution is 2.28. The number of benzene rings is 3. The number of aliphatic imine (C=N–C) groups is 2. The van der Waals surface area contributed by atoms with Gasteiger partial charge in [0.15, 0.2) is 0 Å². The maximum atomic E-state index is 13.6. The Kier molecular flexibility index (Phi) is 8.79. The summed E-state index contributed by atoms with van der Waals surface area (Å²) in [4.78, 5) is 54.7. The molecule has 44 heavy (non-hydrogen) atoms. The molecule has 0 aliphatic carbocycles. The molecule has 0 atom stereocenters. The number of amides is 5. The molecule has 0 saturated carbocycles. The van der Waals surface area contributed by atoms with Crippen LogP contribution in [0, 0.1) is 0 Å². The van der Waals surface area contributed by atoms with Gasteiger partial charge in [0.1, 0.15) is 11.7 Å². The molecule has 12 heteroatoms. The summed E-state index contributed by atoms with van der Waals surface area (Å²) in [5.41, 5.74) is 4.53. The first kappa shape index (κ1) is 30.1. The molecule has 5 amide bonds. The molecule has 12 nitrogen and oxygen atoms in total. The zero-order valence-electron chi connectivity index (χ0n) is 25.6. The Morgan fingerprint density at radius 3 is 1.34 bits per heavy atom. The lowest BCUT2D eigenvalue weighted by Crippen LogP contribution is -2.40. The zero-order valence-corrected chi connectivity index (χ0v) is 25.6. The van der Waals surface area contributed by atoms with Gasteiger partial charge in [-0.15, -0.1) is 0 Å². The molecular weight excluding hydrogens is 558 g/mol. The third kappa shape index (κ3) is 6.19. The number of carbonyl (C=O) groups is 3. The number of rotatable bonds is 7. The van der Waals surface area contributed by atoms with Crippen LogP contribution >= 0.6 is 0 Å². The van der Waals surface area contributed by atoms with E-state index in [-0.39, 0.29) is 18.0 Å². The summed E-state index contributed by atoms with van der Waals surface area (Å²) in [6.45, 7) is 3.12. The molecule has 2 heterocycles. The monoisotopic (exact) mass is 595 g/mol. The Bertz CT molecular complexity index is 1510. The van der Waals surface area contributed by atoms with Crippen molar-refractivity contribution in [3.05, 3.63) is 83.4 Å². The molecule has 0 aromatic heterocycles. The SMILES string of the molecule is CNC(=O)c1cc(N(C)C(=O)N(C)c2ccc(C3=NCCN3)cc2)cc(N(C)C(=O)N(C)c2ccc(C3=NCCN3)cc2)c1. The van der Waals surface area contributed by atoms with E-state index in [0.717, 1.165) is 49.0 Å². The van der Waals surface area contributed by atoms with Crippen molar-refractivity contribution in [1.82, 2.24) is 16.0 Å². The number of urea groups is 2. The minimum absolute atomic E-state index is 0.313. The van der Waals surface area contributed by atoms with Crippen molar-refractivity contribution in [2.24, 2.45) is 9.98 Å². The maximum Gasteiger partial charge on any atom is 0.328 e. The Morgan fingerprint density at radius 2 is 1.00 bits per heavy atom. The van der Waals surface area contributed by atoms with Crippen LogP contribution in [0.2, 0.25) is 0 Å². The molecule has 0 fully saturated rings. The summed E-state index contributed by atoms with van der Waals surface area (Å²) < 4.78 is 0. The lowest BCUT2D eigenvalue weighted by atomic mass is 10.1. The first-order chi connectivity index (χ1) is 21.2. The van der Waals surface area contributed by atoms with Crippen LogP contribution in [0.4, 0.5) is 32.3 Å². The Labute approximate surface area is 257 Å². The fourth-order valence-electron chi connectivity index (χ4n) is 5.02. The molecule has 0 radical (unpaired) electrons. The third-order valence-electron chi connectivity index (χ3n) is 7.72. The first-order valence-corrected chi connectivity index (χ1v) is 14.4. The van der Waals surface area contributed by atoms with Crippen molar-refractivity contribution in [3.63, 3.8) is 0 Å². The van der Waals surface area contributed by atoms with Crippen LogP contribution in [0.15, 0.2) is 76.7 Å².